The van der Waals surface area contributed by atoms with E-state index in [2.05, 4.69) is 5.32 Å². The van der Waals surface area contributed by atoms with Crippen molar-refractivity contribution in [2.75, 3.05) is 25.0 Å². The fraction of sp³-hybridized carbons (Fsp3) is 0.200. The molecule has 1 aliphatic heterocycles. The molecule has 8 heteroatoms. The average Bonchev–Trinajstić information content (AvgIpc) is 3.40. The highest BCUT2D eigenvalue weighted by Crippen LogP contribution is 2.27. The molecule has 0 aromatic heterocycles. The summed E-state index contributed by atoms with van der Waals surface area (Å²) < 4.78 is 32.0. The molecule has 0 aliphatic carbocycles. The van der Waals surface area contributed by atoms with Crippen molar-refractivity contribution < 1.29 is 22.7 Å². The third-order valence-electron chi connectivity index (χ3n) is 5.39. The minimum atomic E-state index is -3.65. The molecule has 1 aliphatic rings. The highest BCUT2D eigenvalue weighted by molar-refractivity contribution is 7.89. The Labute approximate surface area is 193 Å². The van der Waals surface area contributed by atoms with Crippen LogP contribution in [0.1, 0.15) is 23.2 Å². The molecule has 0 spiro atoms. The predicted octanol–water partition coefficient (Wildman–Crippen LogP) is 3.93. The van der Waals surface area contributed by atoms with Crippen LogP contribution in [0.25, 0.3) is 11.1 Å². The molecule has 3 aromatic carbocycles. The van der Waals surface area contributed by atoms with Gasteiger partial charge < -0.3 is 10.1 Å². The van der Waals surface area contributed by atoms with Crippen LogP contribution in [-0.2, 0) is 19.6 Å². The number of benzene rings is 3. The van der Waals surface area contributed by atoms with Crippen molar-refractivity contribution in [2.45, 2.75) is 17.7 Å². The van der Waals surface area contributed by atoms with Crippen molar-refractivity contribution in [3.05, 3.63) is 84.4 Å². The number of sulfonamides is 1. The van der Waals surface area contributed by atoms with E-state index in [1.54, 1.807) is 12.1 Å². The van der Waals surface area contributed by atoms with Crippen molar-refractivity contribution in [1.82, 2.24) is 4.31 Å². The largest absolute Gasteiger partial charge is 0.452 e. The first-order valence-corrected chi connectivity index (χ1v) is 12.1. The number of hydrogen-bond donors (Lipinski definition) is 1. The number of ether oxygens (including phenoxy) is 1. The Balaban J connectivity index is 1.41. The van der Waals surface area contributed by atoms with Gasteiger partial charge in [0.15, 0.2) is 6.61 Å². The lowest BCUT2D eigenvalue weighted by Gasteiger charge is -2.16. The molecule has 1 N–H and O–H groups in total. The molecule has 0 atom stereocenters. The summed E-state index contributed by atoms with van der Waals surface area (Å²) in [6, 6.07) is 22.7. The lowest BCUT2D eigenvalue weighted by molar-refractivity contribution is -0.119. The molecule has 1 saturated heterocycles. The first kappa shape index (κ1) is 22.7. The number of carbonyl (C=O) groups is 2. The maximum atomic E-state index is 12.7. The summed E-state index contributed by atoms with van der Waals surface area (Å²) in [6.07, 6.45) is 1.65. The second-order valence-corrected chi connectivity index (χ2v) is 9.61. The van der Waals surface area contributed by atoms with E-state index in [1.807, 2.05) is 42.5 Å². The van der Waals surface area contributed by atoms with E-state index in [0.29, 0.717) is 18.8 Å². The quantitative estimate of drug-likeness (QED) is 0.535. The smallest absolute Gasteiger partial charge is 0.338 e. The van der Waals surface area contributed by atoms with Gasteiger partial charge in [0.25, 0.3) is 5.91 Å². The number of carbonyl (C=O) groups excluding carboxylic acids is 2. The summed E-state index contributed by atoms with van der Waals surface area (Å²) in [6.45, 7) is 0.453. The van der Waals surface area contributed by atoms with Gasteiger partial charge in [-0.15, -0.1) is 0 Å². The summed E-state index contributed by atoms with van der Waals surface area (Å²) in [4.78, 5) is 25.0. The summed E-state index contributed by atoms with van der Waals surface area (Å²) >= 11 is 0. The highest BCUT2D eigenvalue weighted by atomic mass is 32.2. The van der Waals surface area contributed by atoms with Gasteiger partial charge in [-0.1, -0.05) is 54.6 Å². The number of nitrogens with zero attached hydrogens (tertiary/aromatic N) is 1. The normalized spacial score (nSPS) is 14.1. The zero-order valence-electron chi connectivity index (χ0n) is 17.9. The van der Waals surface area contributed by atoms with Crippen LogP contribution in [0.4, 0.5) is 5.69 Å². The van der Waals surface area contributed by atoms with Crippen LogP contribution in [0.5, 0.6) is 0 Å². The maximum absolute atomic E-state index is 12.7. The minimum Gasteiger partial charge on any atom is -0.452 e. The summed E-state index contributed by atoms with van der Waals surface area (Å²) in [7, 11) is -3.65. The molecule has 1 fully saturated rings. The Bertz CT molecular complexity index is 1250. The van der Waals surface area contributed by atoms with Gasteiger partial charge in [0.1, 0.15) is 0 Å². The molecule has 3 aromatic rings. The first-order valence-electron chi connectivity index (χ1n) is 10.7. The lowest BCUT2D eigenvalue weighted by Crippen LogP contribution is -2.28. The zero-order chi connectivity index (χ0) is 23.3. The highest BCUT2D eigenvalue weighted by Gasteiger charge is 2.27. The summed E-state index contributed by atoms with van der Waals surface area (Å²) in [5, 5.41) is 2.77. The Morgan fingerprint density at radius 3 is 2.33 bits per heavy atom. The predicted molar refractivity (Wildman–Crippen MR) is 125 cm³/mol. The van der Waals surface area contributed by atoms with Crippen molar-refractivity contribution in [1.29, 1.82) is 0 Å². The van der Waals surface area contributed by atoms with E-state index in [9.17, 15) is 18.0 Å². The van der Waals surface area contributed by atoms with Crippen LogP contribution in [0.3, 0.4) is 0 Å². The molecule has 0 bridgehead atoms. The molecule has 0 radical (unpaired) electrons. The molecule has 0 unspecified atom stereocenters. The second kappa shape index (κ2) is 9.97. The zero-order valence-corrected chi connectivity index (χ0v) is 18.8. The van der Waals surface area contributed by atoms with Gasteiger partial charge in [-0.3, -0.25) is 4.79 Å². The van der Waals surface area contributed by atoms with Crippen molar-refractivity contribution in [3.8, 4) is 11.1 Å². The van der Waals surface area contributed by atoms with E-state index in [4.69, 9.17) is 4.74 Å². The standard InChI is InChI=1S/C25H24N2O5S/c28-24(26-23-14-5-4-13-22(23)19-9-2-1-3-10-19)18-32-25(29)20-11-8-12-21(17-20)33(30,31)27-15-6-7-16-27/h1-5,8-14,17H,6-7,15-16,18H2,(H,26,28). The van der Waals surface area contributed by atoms with Crippen LogP contribution >= 0.6 is 0 Å². The fourth-order valence-corrected chi connectivity index (χ4v) is 5.29. The van der Waals surface area contributed by atoms with Crippen LogP contribution in [-0.4, -0.2) is 44.3 Å². The lowest BCUT2D eigenvalue weighted by atomic mass is 10.0. The third-order valence-corrected chi connectivity index (χ3v) is 7.29. The number of anilines is 1. The van der Waals surface area contributed by atoms with E-state index >= 15 is 0 Å². The molecule has 0 saturated carbocycles. The second-order valence-electron chi connectivity index (χ2n) is 7.67. The number of para-hydroxylation sites is 1. The Morgan fingerprint density at radius 2 is 1.58 bits per heavy atom. The first-order chi connectivity index (χ1) is 15.9. The van der Waals surface area contributed by atoms with E-state index in [1.165, 1.54) is 28.6 Å². The minimum absolute atomic E-state index is 0.0417. The third kappa shape index (κ3) is 5.30. The van der Waals surface area contributed by atoms with Gasteiger partial charge in [-0.05, 0) is 42.7 Å². The molecular formula is C25H24N2O5S. The number of hydrogen-bond acceptors (Lipinski definition) is 5. The average molecular weight is 465 g/mol. The van der Waals surface area contributed by atoms with Gasteiger partial charge in [-0.25, -0.2) is 13.2 Å². The summed E-state index contributed by atoms with van der Waals surface area (Å²) in [5.41, 5.74) is 2.47. The monoisotopic (exact) mass is 464 g/mol. The van der Waals surface area contributed by atoms with Crippen LogP contribution in [0.15, 0.2) is 83.8 Å². The SMILES string of the molecule is O=C(COC(=O)c1cccc(S(=O)(=O)N2CCCC2)c1)Nc1ccccc1-c1ccccc1. The van der Waals surface area contributed by atoms with Crippen molar-refractivity contribution in [3.63, 3.8) is 0 Å². The van der Waals surface area contributed by atoms with Gasteiger partial charge in [0.05, 0.1) is 10.5 Å². The van der Waals surface area contributed by atoms with Crippen LogP contribution < -0.4 is 5.32 Å². The maximum Gasteiger partial charge on any atom is 0.338 e. The van der Waals surface area contributed by atoms with E-state index in [-0.39, 0.29) is 10.5 Å². The molecule has 4 rings (SSSR count). The number of nitrogens with one attached hydrogen (secondary N) is 1. The molecule has 33 heavy (non-hydrogen) atoms. The van der Waals surface area contributed by atoms with E-state index < -0.39 is 28.5 Å². The Morgan fingerprint density at radius 1 is 0.879 bits per heavy atom. The Kier molecular flexibility index (Phi) is 6.86. The molecule has 7 nitrogen and oxygen atoms in total. The molecule has 1 amide bonds. The van der Waals surface area contributed by atoms with Gasteiger partial charge in [0.2, 0.25) is 10.0 Å². The van der Waals surface area contributed by atoms with Crippen LogP contribution in [0.2, 0.25) is 0 Å². The number of rotatable bonds is 7. The van der Waals surface area contributed by atoms with Crippen molar-refractivity contribution >= 4 is 27.6 Å². The number of esters is 1. The van der Waals surface area contributed by atoms with E-state index in [0.717, 1.165) is 24.0 Å². The molecule has 170 valence electrons. The Hall–Kier alpha value is -3.49. The van der Waals surface area contributed by atoms with Gasteiger partial charge >= 0.3 is 5.97 Å². The van der Waals surface area contributed by atoms with Gasteiger partial charge in [0, 0.05) is 24.3 Å². The fourth-order valence-electron chi connectivity index (χ4n) is 3.72. The number of amides is 1. The van der Waals surface area contributed by atoms with Crippen LogP contribution in [0, 0.1) is 0 Å². The topological polar surface area (TPSA) is 92.8 Å². The van der Waals surface area contributed by atoms with Crippen molar-refractivity contribution in [2.24, 2.45) is 0 Å². The van der Waals surface area contributed by atoms with Gasteiger partial charge in [-0.2, -0.15) is 4.31 Å². The molecular weight excluding hydrogens is 440 g/mol. The molecule has 1 heterocycles. The summed E-state index contributed by atoms with van der Waals surface area (Å²) in [5.74, 6) is -1.26.